The first-order chi connectivity index (χ1) is 6.24. The zero-order valence-electron chi connectivity index (χ0n) is 7.13. The molecule has 1 aromatic rings. The fourth-order valence-corrected chi connectivity index (χ4v) is 0.939. The molecule has 0 unspecified atom stereocenters. The molecular formula is C9H9Cl2NO. The average molecular weight is 218 g/mol. The second-order valence-electron chi connectivity index (χ2n) is 2.54. The maximum absolute atomic E-state index is 5.76. The van der Waals surface area contributed by atoms with E-state index in [1.54, 1.807) is 18.3 Å². The third kappa shape index (κ3) is 3.25. The zero-order valence-corrected chi connectivity index (χ0v) is 8.64. The standard InChI is InChI=1S/C9H9Cl2NO/c1-7(5-10)6-13-8-3-2-4-12-9(8)11/h2-5H,6H2,1H3/b7-5-. The lowest BCUT2D eigenvalue weighted by molar-refractivity contribution is 0.351. The molecule has 1 aromatic heterocycles. The fraction of sp³-hybridized carbons (Fsp3) is 0.222. The van der Waals surface area contributed by atoms with Crippen molar-refractivity contribution in [2.75, 3.05) is 6.61 Å². The van der Waals surface area contributed by atoms with Gasteiger partial charge in [0.05, 0.1) is 0 Å². The van der Waals surface area contributed by atoms with Crippen molar-refractivity contribution in [1.29, 1.82) is 0 Å². The molecule has 1 heterocycles. The zero-order chi connectivity index (χ0) is 9.68. The highest BCUT2D eigenvalue weighted by Crippen LogP contribution is 2.20. The molecule has 0 saturated carbocycles. The van der Waals surface area contributed by atoms with Gasteiger partial charge in [0.1, 0.15) is 6.61 Å². The summed E-state index contributed by atoms with van der Waals surface area (Å²) in [5.74, 6) is 0.571. The minimum absolute atomic E-state index is 0.366. The van der Waals surface area contributed by atoms with E-state index in [1.165, 1.54) is 5.54 Å². The van der Waals surface area contributed by atoms with Gasteiger partial charge in [-0.15, -0.1) is 0 Å². The molecule has 0 amide bonds. The lowest BCUT2D eigenvalue weighted by Gasteiger charge is -2.05. The van der Waals surface area contributed by atoms with Crippen molar-refractivity contribution in [3.63, 3.8) is 0 Å². The van der Waals surface area contributed by atoms with E-state index in [0.29, 0.717) is 17.5 Å². The normalized spacial score (nSPS) is 11.5. The number of pyridine rings is 1. The van der Waals surface area contributed by atoms with Gasteiger partial charge >= 0.3 is 0 Å². The molecule has 0 saturated heterocycles. The molecule has 70 valence electrons. The van der Waals surface area contributed by atoms with Gasteiger partial charge < -0.3 is 4.74 Å². The van der Waals surface area contributed by atoms with Crippen LogP contribution in [0, 0.1) is 0 Å². The highest BCUT2D eigenvalue weighted by atomic mass is 35.5. The van der Waals surface area contributed by atoms with E-state index in [0.717, 1.165) is 5.57 Å². The van der Waals surface area contributed by atoms with Gasteiger partial charge in [-0.25, -0.2) is 4.98 Å². The van der Waals surface area contributed by atoms with Crippen LogP contribution in [0.5, 0.6) is 5.75 Å². The smallest absolute Gasteiger partial charge is 0.171 e. The van der Waals surface area contributed by atoms with Gasteiger partial charge in [0, 0.05) is 11.7 Å². The van der Waals surface area contributed by atoms with Crippen molar-refractivity contribution >= 4 is 23.2 Å². The first-order valence-electron chi connectivity index (χ1n) is 3.73. The number of nitrogens with zero attached hydrogens (tertiary/aromatic N) is 1. The predicted molar refractivity (Wildman–Crippen MR) is 54.4 cm³/mol. The number of rotatable bonds is 3. The van der Waals surface area contributed by atoms with E-state index >= 15 is 0 Å². The van der Waals surface area contributed by atoms with Crippen LogP contribution in [0.1, 0.15) is 6.92 Å². The Morgan fingerprint density at radius 2 is 2.46 bits per heavy atom. The summed E-state index contributed by atoms with van der Waals surface area (Å²) in [6.45, 7) is 2.30. The van der Waals surface area contributed by atoms with Gasteiger partial charge in [0.2, 0.25) is 0 Å². The van der Waals surface area contributed by atoms with Crippen LogP contribution in [0.4, 0.5) is 0 Å². The van der Waals surface area contributed by atoms with Gasteiger partial charge in [-0.3, -0.25) is 0 Å². The highest BCUT2D eigenvalue weighted by Gasteiger charge is 2.00. The van der Waals surface area contributed by atoms with E-state index < -0.39 is 0 Å². The molecule has 0 bridgehead atoms. The lowest BCUT2D eigenvalue weighted by atomic mass is 10.4. The minimum atomic E-state index is 0.366. The molecule has 4 heteroatoms. The van der Waals surface area contributed by atoms with E-state index in [9.17, 15) is 0 Å². The van der Waals surface area contributed by atoms with Gasteiger partial charge in [-0.1, -0.05) is 23.2 Å². The van der Waals surface area contributed by atoms with E-state index in [2.05, 4.69) is 4.98 Å². The summed E-state index contributed by atoms with van der Waals surface area (Å²) in [5.41, 5.74) is 2.41. The molecule has 2 nitrogen and oxygen atoms in total. The summed E-state index contributed by atoms with van der Waals surface area (Å²) >= 11 is 11.2. The monoisotopic (exact) mass is 217 g/mol. The number of halogens is 2. The van der Waals surface area contributed by atoms with Crippen molar-refractivity contribution in [2.24, 2.45) is 0 Å². The Hall–Kier alpha value is -0.730. The Morgan fingerprint density at radius 1 is 1.69 bits per heavy atom. The maximum atomic E-state index is 5.76. The average Bonchev–Trinajstić information content (AvgIpc) is 2.16. The number of hydrogen-bond donors (Lipinski definition) is 0. The molecule has 0 aliphatic carbocycles. The minimum Gasteiger partial charge on any atom is -0.486 e. The third-order valence-corrected chi connectivity index (χ3v) is 2.02. The Kier molecular flexibility index (Phi) is 4.06. The second kappa shape index (κ2) is 5.10. The molecule has 0 N–H and O–H groups in total. The molecule has 13 heavy (non-hydrogen) atoms. The summed E-state index contributed by atoms with van der Waals surface area (Å²) in [5, 5.41) is 0.366. The number of ether oxygens (including phenoxy) is 1. The lowest BCUT2D eigenvalue weighted by Crippen LogP contribution is -1.98. The van der Waals surface area contributed by atoms with Crippen molar-refractivity contribution in [1.82, 2.24) is 4.98 Å². The van der Waals surface area contributed by atoms with Crippen LogP contribution >= 0.6 is 23.2 Å². The Balaban J connectivity index is 2.60. The molecule has 0 aliphatic rings. The quantitative estimate of drug-likeness (QED) is 0.726. The van der Waals surface area contributed by atoms with Crippen molar-refractivity contribution in [3.8, 4) is 5.75 Å². The largest absolute Gasteiger partial charge is 0.486 e. The molecule has 0 aliphatic heterocycles. The van der Waals surface area contributed by atoms with Crippen LogP contribution < -0.4 is 4.74 Å². The van der Waals surface area contributed by atoms with Gasteiger partial charge in [-0.2, -0.15) is 0 Å². The molecule has 0 radical (unpaired) electrons. The highest BCUT2D eigenvalue weighted by molar-refractivity contribution is 6.30. The first-order valence-corrected chi connectivity index (χ1v) is 4.54. The van der Waals surface area contributed by atoms with Gasteiger partial charge in [0.25, 0.3) is 0 Å². The summed E-state index contributed by atoms with van der Waals surface area (Å²) < 4.78 is 5.34. The van der Waals surface area contributed by atoms with Crippen LogP contribution in [-0.2, 0) is 0 Å². The molecule has 0 aromatic carbocycles. The van der Waals surface area contributed by atoms with Crippen molar-refractivity contribution < 1.29 is 4.74 Å². The SMILES string of the molecule is C/C(=C/Cl)COc1cccnc1Cl. The molecule has 0 fully saturated rings. The van der Waals surface area contributed by atoms with Crippen molar-refractivity contribution in [2.45, 2.75) is 6.92 Å². The molecular weight excluding hydrogens is 209 g/mol. The van der Waals surface area contributed by atoms with Crippen molar-refractivity contribution in [3.05, 3.63) is 34.6 Å². The predicted octanol–water partition coefficient (Wildman–Crippen LogP) is 3.26. The molecule has 0 atom stereocenters. The Bertz CT molecular complexity index is 312. The van der Waals surface area contributed by atoms with Gasteiger partial charge in [-0.05, 0) is 24.6 Å². The fourth-order valence-electron chi connectivity index (χ4n) is 0.702. The van der Waals surface area contributed by atoms with Crippen LogP contribution in [0.2, 0.25) is 5.15 Å². The summed E-state index contributed by atoms with van der Waals surface area (Å²) in [6, 6.07) is 3.53. The topological polar surface area (TPSA) is 22.1 Å². The summed E-state index contributed by atoms with van der Waals surface area (Å²) in [6.07, 6.45) is 1.61. The molecule has 1 rings (SSSR count). The summed E-state index contributed by atoms with van der Waals surface area (Å²) in [4.78, 5) is 3.87. The maximum Gasteiger partial charge on any atom is 0.171 e. The molecule has 0 spiro atoms. The third-order valence-electron chi connectivity index (χ3n) is 1.37. The van der Waals surface area contributed by atoms with E-state index in [1.807, 2.05) is 6.92 Å². The van der Waals surface area contributed by atoms with E-state index in [-0.39, 0.29) is 0 Å². The summed E-state index contributed by atoms with van der Waals surface area (Å²) in [7, 11) is 0. The van der Waals surface area contributed by atoms with Crippen LogP contribution in [0.15, 0.2) is 29.4 Å². The Labute approximate surface area is 87.1 Å². The van der Waals surface area contributed by atoms with Crippen LogP contribution in [0.3, 0.4) is 0 Å². The number of aromatic nitrogens is 1. The second-order valence-corrected chi connectivity index (χ2v) is 3.11. The first kappa shape index (κ1) is 10.4. The van der Waals surface area contributed by atoms with Gasteiger partial charge in [0.15, 0.2) is 10.9 Å². The van der Waals surface area contributed by atoms with E-state index in [4.69, 9.17) is 27.9 Å². The Morgan fingerprint density at radius 3 is 3.08 bits per heavy atom. The van der Waals surface area contributed by atoms with Crippen LogP contribution in [-0.4, -0.2) is 11.6 Å². The van der Waals surface area contributed by atoms with Crippen LogP contribution in [0.25, 0.3) is 0 Å². The number of hydrogen-bond acceptors (Lipinski definition) is 2.